The number of hydrogen-bond acceptors (Lipinski definition) is 4. The van der Waals surface area contributed by atoms with Gasteiger partial charge in [-0.05, 0) is 42.3 Å². The van der Waals surface area contributed by atoms with Gasteiger partial charge in [0.1, 0.15) is 17.5 Å². The lowest BCUT2D eigenvalue weighted by atomic mass is 10.1. The Hall–Kier alpha value is -2.38. The Morgan fingerprint density at radius 1 is 1.30 bits per heavy atom. The van der Waals surface area contributed by atoms with Crippen LogP contribution in [0.5, 0.6) is 5.75 Å². The second kappa shape index (κ2) is 6.69. The van der Waals surface area contributed by atoms with Gasteiger partial charge in [-0.15, -0.1) is 0 Å². The maximum atomic E-state index is 8.82. The average molecular weight is 267 g/mol. The molecule has 1 N–H and O–H groups in total. The first-order chi connectivity index (χ1) is 9.72. The van der Waals surface area contributed by atoms with Crippen LogP contribution in [0.15, 0.2) is 42.6 Å². The first-order valence-corrected chi connectivity index (χ1v) is 6.45. The standard InChI is InChI=1S/C16H17N3O/c1-12(14-3-5-16(20-2)6-4-14)19-11-13-7-8-18-15(9-13)10-17/h3-9,12,19H,11H2,1-2H3. The van der Waals surface area contributed by atoms with E-state index in [1.807, 2.05) is 36.4 Å². The Bertz CT molecular complexity index is 602. The first-order valence-electron chi connectivity index (χ1n) is 6.45. The summed E-state index contributed by atoms with van der Waals surface area (Å²) in [6.07, 6.45) is 1.66. The minimum absolute atomic E-state index is 0.222. The van der Waals surface area contributed by atoms with E-state index >= 15 is 0 Å². The predicted molar refractivity (Wildman–Crippen MR) is 77.2 cm³/mol. The lowest BCUT2D eigenvalue weighted by Gasteiger charge is -2.14. The molecule has 4 heteroatoms. The van der Waals surface area contributed by atoms with Crippen molar-refractivity contribution >= 4 is 0 Å². The summed E-state index contributed by atoms with van der Waals surface area (Å²) in [7, 11) is 1.66. The third kappa shape index (κ3) is 3.56. The van der Waals surface area contributed by atoms with Crippen molar-refractivity contribution in [3.63, 3.8) is 0 Å². The fourth-order valence-corrected chi connectivity index (χ4v) is 1.93. The number of ether oxygens (including phenoxy) is 1. The van der Waals surface area contributed by atoms with Crippen LogP contribution in [-0.4, -0.2) is 12.1 Å². The van der Waals surface area contributed by atoms with E-state index in [4.69, 9.17) is 10.00 Å². The van der Waals surface area contributed by atoms with Crippen LogP contribution in [0.2, 0.25) is 0 Å². The molecule has 1 unspecified atom stereocenters. The number of rotatable bonds is 5. The van der Waals surface area contributed by atoms with Crippen molar-refractivity contribution in [1.29, 1.82) is 5.26 Å². The monoisotopic (exact) mass is 267 g/mol. The third-order valence-corrected chi connectivity index (χ3v) is 3.17. The van der Waals surface area contributed by atoms with Gasteiger partial charge in [-0.2, -0.15) is 5.26 Å². The van der Waals surface area contributed by atoms with E-state index in [0.29, 0.717) is 12.2 Å². The molecule has 1 heterocycles. The van der Waals surface area contributed by atoms with Crippen LogP contribution in [0.25, 0.3) is 0 Å². The number of benzene rings is 1. The van der Waals surface area contributed by atoms with Crippen molar-refractivity contribution < 1.29 is 4.74 Å². The zero-order valence-electron chi connectivity index (χ0n) is 11.6. The summed E-state index contributed by atoms with van der Waals surface area (Å²) in [4.78, 5) is 3.96. The Kier molecular flexibility index (Phi) is 4.70. The molecule has 0 bridgehead atoms. The summed E-state index contributed by atoms with van der Waals surface area (Å²) in [6.45, 7) is 2.80. The van der Waals surface area contributed by atoms with Crippen LogP contribution in [-0.2, 0) is 6.54 Å². The molecule has 1 aromatic carbocycles. The van der Waals surface area contributed by atoms with Gasteiger partial charge in [0, 0.05) is 18.8 Å². The molecule has 0 spiro atoms. The first kappa shape index (κ1) is 14.0. The molecule has 0 aliphatic carbocycles. The SMILES string of the molecule is COc1ccc(C(C)NCc2ccnc(C#N)c2)cc1. The molecule has 2 rings (SSSR count). The number of hydrogen-bond donors (Lipinski definition) is 1. The average Bonchev–Trinajstić information content (AvgIpc) is 2.53. The quantitative estimate of drug-likeness (QED) is 0.905. The van der Waals surface area contributed by atoms with E-state index < -0.39 is 0 Å². The third-order valence-electron chi connectivity index (χ3n) is 3.17. The molecule has 0 radical (unpaired) electrons. The summed E-state index contributed by atoms with van der Waals surface area (Å²) in [5, 5.41) is 12.2. The van der Waals surface area contributed by atoms with Crippen molar-refractivity contribution in [3.8, 4) is 11.8 Å². The van der Waals surface area contributed by atoms with Crippen LogP contribution in [0.1, 0.15) is 29.8 Å². The van der Waals surface area contributed by atoms with E-state index in [0.717, 1.165) is 11.3 Å². The highest BCUT2D eigenvalue weighted by atomic mass is 16.5. The fraction of sp³-hybridized carbons (Fsp3) is 0.250. The molecule has 0 aliphatic rings. The molecule has 1 aromatic heterocycles. The zero-order valence-corrected chi connectivity index (χ0v) is 11.6. The summed E-state index contributed by atoms with van der Waals surface area (Å²) >= 11 is 0. The van der Waals surface area contributed by atoms with Crippen LogP contribution in [0.3, 0.4) is 0 Å². The van der Waals surface area contributed by atoms with Crippen LogP contribution >= 0.6 is 0 Å². The molecule has 20 heavy (non-hydrogen) atoms. The number of nitrogens with one attached hydrogen (secondary N) is 1. The van der Waals surface area contributed by atoms with Crippen molar-refractivity contribution in [2.24, 2.45) is 0 Å². The lowest BCUT2D eigenvalue weighted by Crippen LogP contribution is -2.18. The predicted octanol–water partition coefficient (Wildman–Crippen LogP) is 2.81. The van der Waals surface area contributed by atoms with E-state index in [1.54, 1.807) is 19.4 Å². The van der Waals surface area contributed by atoms with Gasteiger partial charge >= 0.3 is 0 Å². The van der Waals surface area contributed by atoms with Crippen molar-refractivity contribution in [2.75, 3.05) is 7.11 Å². The molecular formula is C16H17N3O. The molecule has 0 amide bonds. The molecule has 2 aromatic rings. The van der Waals surface area contributed by atoms with Crippen molar-refractivity contribution in [3.05, 3.63) is 59.4 Å². The minimum Gasteiger partial charge on any atom is -0.497 e. The molecule has 4 nitrogen and oxygen atoms in total. The molecule has 0 aliphatic heterocycles. The number of nitrogens with zero attached hydrogens (tertiary/aromatic N) is 2. The highest BCUT2D eigenvalue weighted by Crippen LogP contribution is 2.17. The van der Waals surface area contributed by atoms with Gasteiger partial charge in [0.05, 0.1) is 7.11 Å². The Labute approximate surface area is 119 Å². The van der Waals surface area contributed by atoms with E-state index in [1.165, 1.54) is 5.56 Å². The molecule has 102 valence electrons. The van der Waals surface area contributed by atoms with Gasteiger partial charge in [0.2, 0.25) is 0 Å². The Morgan fingerprint density at radius 2 is 2.05 bits per heavy atom. The Balaban J connectivity index is 1.97. The van der Waals surface area contributed by atoms with E-state index in [2.05, 4.69) is 17.2 Å². The second-order valence-corrected chi connectivity index (χ2v) is 4.54. The van der Waals surface area contributed by atoms with E-state index in [-0.39, 0.29) is 6.04 Å². The zero-order chi connectivity index (χ0) is 14.4. The van der Waals surface area contributed by atoms with Crippen molar-refractivity contribution in [2.45, 2.75) is 19.5 Å². The van der Waals surface area contributed by atoms with Crippen LogP contribution in [0, 0.1) is 11.3 Å². The fourth-order valence-electron chi connectivity index (χ4n) is 1.93. The largest absolute Gasteiger partial charge is 0.497 e. The lowest BCUT2D eigenvalue weighted by molar-refractivity contribution is 0.414. The minimum atomic E-state index is 0.222. The van der Waals surface area contributed by atoms with Crippen LogP contribution in [0.4, 0.5) is 0 Å². The van der Waals surface area contributed by atoms with Gasteiger partial charge in [-0.1, -0.05) is 12.1 Å². The second-order valence-electron chi connectivity index (χ2n) is 4.54. The summed E-state index contributed by atoms with van der Waals surface area (Å²) in [5.41, 5.74) is 2.69. The number of methoxy groups -OCH3 is 1. The Morgan fingerprint density at radius 3 is 2.70 bits per heavy atom. The van der Waals surface area contributed by atoms with Gasteiger partial charge < -0.3 is 10.1 Å². The van der Waals surface area contributed by atoms with Crippen molar-refractivity contribution in [1.82, 2.24) is 10.3 Å². The molecule has 0 saturated heterocycles. The summed E-state index contributed by atoms with van der Waals surface area (Å²) in [6, 6.07) is 14.0. The molecule has 0 saturated carbocycles. The van der Waals surface area contributed by atoms with Gasteiger partial charge in [-0.25, -0.2) is 4.98 Å². The molecular weight excluding hydrogens is 250 g/mol. The maximum absolute atomic E-state index is 8.82. The number of nitriles is 1. The summed E-state index contributed by atoms with van der Waals surface area (Å²) in [5.74, 6) is 0.855. The number of pyridine rings is 1. The maximum Gasteiger partial charge on any atom is 0.140 e. The smallest absolute Gasteiger partial charge is 0.140 e. The number of aromatic nitrogens is 1. The summed E-state index contributed by atoms with van der Waals surface area (Å²) < 4.78 is 5.15. The topological polar surface area (TPSA) is 57.9 Å². The molecule has 0 fully saturated rings. The van der Waals surface area contributed by atoms with Gasteiger partial charge in [-0.3, -0.25) is 0 Å². The van der Waals surface area contributed by atoms with Crippen LogP contribution < -0.4 is 10.1 Å². The highest BCUT2D eigenvalue weighted by molar-refractivity contribution is 5.29. The van der Waals surface area contributed by atoms with Gasteiger partial charge in [0.15, 0.2) is 0 Å². The normalized spacial score (nSPS) is 11.7. The highest BCUT2D eigenvalue weighted by Gasteiger charge is 2.05. The van der Waals surface area contributed by atoms with E-state index in [9.17, 15) is 0 Å². The molecule has 1 atom stereocenters. The van der Waals surface area contributed by atoms with Gasteiger partial charge in [0.25, 0.3) is 0 Å².